The van der Waals surface area contributed by atoms with Crippen molar-refractivity contribution < 1.29 is 4.79 Å². The lowest BCUT2D eigenvalue weighted by atomic mass is 10.2. The van der Waals surface area contributed by atoms with Gasteiger partial charge in [-0.1, -0.05) is 30.3 Å². The molecule has 3 rings (SSSR count). The molecule has 1 aliphatic heterocycles. The van der Waals surface area contributed by atoms with Gasteiger partial charge in [-0.05, 0) is 47.6 Å². The Bertz CT molecular complexity index is 639. The normalized spacial score (nSPS) is 14.5. The van der Waals surface area contributed by atoms with Gasteiger partial charge in [-0.2, -0.15) is 0 Å². The minimum Gasteiger partial charge on any atom is -0.306 e. The van der Waals surface area contributed by atoms with Crippen LogP contribution in [0.1, 0.15) is 35.4 Å². The Morgan fingerprint density at radius 1 is 1.19 bits per heavy atom. The van der Waals surface area contributed by atoms with Crippen LogP contribution in [0.5, 0.6) is 0 Å². The van der Waals surface area contributed by atoms with Crippen LogP contribution in [-0.4, -0.2) is 26.3 Å². The second kappa shape index (κ2) is 6.91. The molecule has 0 saturated carbocycles. The number of carbonyl (C=O) groups is 1. The van der Waals surface area contributed by atoms with Gasteiger partial charge in [-0.3, -0.25) is 4.79 Å². The molecule has 0 spiro atoms. The van der Waals surface area contributed by atoms with Gasteiger partial charge in [-0.25, -0.2) is 0 Å². The predicted molar refractivity (Wildman–Crippen MR) is 91.8 cm³/mol. The van der Waals surface area contributed by atoms with Crippen molar-refractivity contribution in [1.82, 2.24) is 14.8 Å². The zero-order valence-corrected chi connectivity index (χ0v) is 14.6. The van der Waals surface area contributed by atoms with Crippen LogP contribution in [-0.2, 0) is 13.0 Å². The number of Topliss-reactive ketones (excluding diaryl/α,β-unsaturated/α-hetero) is 1. The van der Waals surface area contributed by atoms with Gasteiger partial charge in [0.1, 0.15) is 5.82 Å². The minimum absolute atomic E-state index is 0.141. The van der Waals surface area contributed by atoms with Crippen molar-refractivity contribution in [2.75, 3.05) is 5.75 Å². The summed E-state index contributed by atoms with van der Waals surface area (Å²) in [7, 11) is 0. The molecule has 1 aromatic carbocycles. The molecule has 6 heteroatoms. The summed E-state index contributed by atoms with van der Waals surface area (Å²) < 4.78 is 3.32. The molecule has 0 bridgehead atoms. The van der Waals surface area contributed by atoms with Gasteiger partial charge in [0, 0.05) is 22.1 Å². The SMILES string of the molecule is O=C(CSc1nnc2n1CCCCC2)c1ccc(I)cc1. The summed E-state index contributed by atoms with van der Waals surface area (Å²) in [5.74, 6) is 1.62. The molecule has 0 radical (unpaired) electrons. The van der Waals surface area contributed by atoms with Gasteiger partial charge in [-0.15, -0.1) is 10.2 Å². The average Bonchev–Trinajstić information content (AvgIpc) is 2.72. The third kappa shape index (κ3) is 3.66. The van der Waals surface area contributed by atoms with Gasteiger partial charge in [0.05, 0.1) is 5.75 Å². The van der Waals surface area contributed by atoms with E-state index < -0.39 is 0 Å². The number of thioether (sulfide) groups is 1. The molecule has 1 aromatic heterocycles. The summed E-state index contributed by atoms with van der Waals surface area (Å²) in [5, 5.41) is 9.38. The zero-order chi connectivity index (χ0) is 14.7. The standard InChI is InChI=1S/C15H16IN3OS/c16-12-7-5-11(6-8-12)13(20)10-21-15-18-17-14-4-2-1-3-9-19(14)15/h5-8H,1-4,9-10H2. The molecule has 0 saturated heterocycles. The first-order valence-corrected chi connectivity index (χ1v) is 9.14. The van der Waals surface area contributed by atoms with E-state index in [0.717, 1.165) is 33.1 Å². The van der Waals surface area contributed by atoms with E-state index in [1.54, 1.807) is 0 Å². The van der Waals surface area contributed by atoms with E-state index in [1.807, 2.05) is 24.3 Å². The number of aromatic nitrogens is 3. The monoisotopic (exact) mass is 413 g/mol. The van der Waals surface area contributed by atoms with Gasteiger partial charge in [0.25, 0.3) is 0 Å². The van der Waals surface area contributed by atoms with E-state index >= 15 is 0 Å². The molecule has 0 aliphatic carbocycles. The third-order valence-electron chi connectivity index (χ3n) is 3.57. The Morgan fingerprint density at radius 2 is 2.00 bits per heavy atom. The van der Waals surface area contributed by atoms with E-state index in [4.69, 9.17) is 0 Å². The maximum absolute atomic E-state index is 12.2. The van der Waals surface area contributed by atoms with Crippen molar-refractivity contribution >= 4 is 40.1 Å². The highest BCUT2D eigenvalue weighted by Gasteiger charge is 2.16. The van der Waals surface area contributed by atoms with Gasteiger partial charge >= 0.3 is 0 Å². The molecule has 0 atom stereocenters. The number of hydrogen-bond acceptors (Lipinski definition) is 4. The van der Waals surface area contributed by atoms with Crippen LogP contribution in [0.2, 0.25) is 0 Å². The van der Waals surface area contributed by atoms with Gasteiger partial charge in [0.15, 0.2) is 10.9 Å². The highest BCUT2D eigenvalue weighted by molar-refractivity contribution is 14.1. The first-order chi connectivity index (χ1) is 10.2. The smallest absolute Gasteiger partial charge is 0.191 e. The molecule has 2 aromatic rings. The lowest BCUT2D eigenvalue weighted by Gasteiger charge is -2.06. The van der Waals surface area contributed by atoms with Crippen LogP contribution in [0.4, 0.5) is 0 Å². The Hall–Kier alpha value is -0.890. The van der Waals surface area contributed by atoms with Crippen molar-refractivity contribution in [3.63, 3.8) is 0 Å². The van der Waals surface area contributed by atoms with Gasteiger partial charge in [0.2, 0.25) is 0 Å². The Balaban J connectivity index is 1.66. The van der Waals surface area contributed by atoms with Crippen molar-refractivity contribution in [3.8, 4) is 0 Å². The molecule has 21 heavy (non-hydrogen) atoms. The van der Waals surface area contributed by atoms with Crippen LogP contribution in [0.25, 0.3) is 0 Å². The fraction of sp³-hybridized carbons (Fsp3) is 0.400. The molecule has 1 aliphatic rings. The number of fused-ring (bicyclic) bond motifs is 1. The van der Waals surface area contributed by atoms with Crippen LogP contribution in [0.3, 0.4) is 0 Å². The number of aryl methyl sites for hydroxylation is 1. The average molecular weight is 413 g/mol. The summed E-state index contributed by atoms with van der Waals surface area (Å²) in [6, 6.07) is 7.69. The molecule has 110 valence electrons. The molecule has 4 nitrogen and oxygen atoms in total. The van der Waals surface area contributed by atoms with E-state index in [-0.39, 0.29) is 5.78 Å². The summed E-state index contributed by atoms with van der Waals surface area (Å²) in [6.07, 6.45) is 4.60. The van der Waals surface area contributed by atoms with E-state index in [2.05, 4.69) is 37.4 Å². The number of hydrogen-bond donors (Lipinski definition) is 0. The number of rotatable bonds is 4. The highest BCUT2D eigenvalue weighted by atomic mass is 127. The van der Waals surface area contributed by atoms with Crippen molar-refractivity contribution in [2.45, 2.75) is 37.4 Å². The first kappa shape index (κ1) is 15.0. The second-order valence-electron chi connectivity index (χ2n) is 5.08. The Morgan fingerprint density at radius 3 is 2.81 bits per heavy atom. The molecular formula is C15H16IN3OS. The summed E-state index contributed by atoms with van der Waals surface area (Å²) in [4.78, 5) is 12.2. The summed E-state index contributed by atoms with van der Waals surface area (Å²) in [6.45, 7) is 0.975. The number of ketones is 1. The van der Waals surface area contributed by atoms with Crippen LogP contribution in [0.15, 0.2) is 29.4 Å². The van der Waals surface area contributed by atoms with Crippen molar-refractivity contribution in [1.29, 1.82) is 0 Å². The minimum atomic E-state index is 0.141. The van der Waals surface area contributed by atoms with Crippen molar-refractivity contribution in [2.24, 2.45) is 0 Å². The molecule has 0 amide bonds. The molecule has 0 fully saturated rings. The van der Waals surface area contributed by atoms with E-state index in [0.29, 0.717) is 5.75 Å². The van der Waals surface area contributed by atoms with Crippen molar-refractivity contribution in [3.05, 3.63) is 39.2 Å². The fourth-order valence-corrected chi connectivity index (χ4v) is 3.65. The lowest BCUT2D eigenvalue weighted by Crippen LogP contribution is -2.06. The van der Waals surface area contributed by atoms with Crippen LogP contribution >= 0.6 is 34.4 Å². The Labute approximate surface area is 141 Å². The molecule has 0 N–H and O–H groups in total. The topological polar surface area (TPSA) is 47.8 Å². The summed E-state index contributed by atoms with van der Waals surface area (Å²) in [5.41, 5.74) is 0.763. The van der Waals surface area contributed by atoms with Crippen LogP contribution < -0.4 is 0 Å². The maximum atomic E-state index is 12.2. The van der Waals surface area contributed by atoms with Gasteiger partial charge < -0.3 is 4.57 Å². The maximum Gasteiger partial charge on any atom is 0.191 e. The Kier molecular flexibility index (Phi) is 4.95. The largest absolute Gasteiger partial charge is 0.306 e. The molecular weight excluding hydrogens is 397 g/mol. The summed E-state index contributed by atoms with van der Waals surface area (Å²) >= 11 is 3.73. The number of nitrogens with zero attached hydrogens (tertiary/aromatic N) is 3. The third-order valence-corrected chi connectivity index (χ3v) is 5.26. The number of benzene rings is 1. The lowest BCUT2D eigenvalue weighted by molar-refractivity contribution is 0.102. The zero-order valence-electron chi connectivity index (χ0n) is 11.6. The number of halogens is 1. The fourth-order valence-electron chi connectivity index (χ4n) is 2.41. The predicted octanol–water partition coefficient (Wildman–Crippen LogP) is 3.58. The first-order valence-electron chi connectivity index (χ1n) is 7.08. The van der Waals surface area contributed by atoms with Crippen LogP contribution in [0, 0.1) is 3.57 Å². The quantitative estimate of drug-likeness (QED) is 0.437. The second-order valence-corrected chi connectivity index (χ2v) is 7.27. The molecule has 2 heterocycles. The highest BCUT2D eigenvalue weighted by Crippen LogP contribution is 2.22. The van der Waals surface area contributed by atoms with E-state index in [9.17, 15) is 4.79 Å². The van der Waals surface area contributed by atoms with E-state index in [1.165, 1.54) is 31.0 Å². The molecule has 0 unspecified atom stereocenters. The number of carbonyl (C=O) groups excluding carboxylic acids is 1.